The summed E-state index contributed by atoms with van der Waals surface area (Å²) in [7, 11) is 0. The fourth-order valence-electron chi connectivity index (χ4n) is 4.40. The van der Waals surface area contributed by atoms with Gasteiger partial charge in [0.1, 0.15) is 0 Å². The zero-order chi connectivity index (χ0) is 24.4. The highest BCUT2D eigenvalue weighted by Gasteiger charge is 2.34. The van der Waals surface area contributed by atoms with Crippen LogP contribution in [-0.2, 0) is 12.7 Å². The van der Waals surface area contributed by atoms with E-state index in [0.29, 0.717) is 10.9 Å². The number of nitrogens with one attached hydrogen (secondary N) is 2. The Bertz CT molecular complexity index is 1360. The Kier molecular flexibility index (Phi) is 6.21. The van der Waals surface area contributed by atoms with Crippen LogP contribution in [0.5, 0.6) is 0 Å². The van der Waals surface area contributed by atoms with Gasteiger partial charge in [0.25, 0.3) is 5.91 Å². The molecule has 0 bridgehead atoms. The molecule has 1 fully saturated rings. The van der Waals surface area contributed by atoms with Gasteiger partial charge in [-0.15, -0.1) is 0 Å². The van der Waals surface area contributed by atoms with Crippen molar-refractivity contribution in [3.63, 3.8) is 0 Å². The SMILES string of the molecule is O=C(Nc1cnccc1C(F)(F)F)c1n[nH]c2ccc(-c3cncc(CN4CCCCC4)c3)cc12. The van der Waals surface area contributed by atoms with E-state index >= 15 is 0 Å². The van der Waals surface area contributed by atoms with E-state index < -0.39 is 23.3 Å². The van der Waals surface area contributed by atoms with Crippen LogP contribution in [0.2, 0.25) is 0 Å². The van der Waals surface area contributed by atoms with Crippen molar-refractivity contribution in [3.05, 3.63) is 71.9 Å². The first-order valence-electron chi connectivity index (χ1n) is 11.4. The predicted octanol–water partition coefficient (Wildman–Crippen LogP) is 5.28. The number of anilines is 1. The number of halogens is 3. The van der Waals surface area contributed by atoms with Gasteiger partial charge in [0, 0.05) is 36.1 Å². The number of benzene rings is 1. The third-order valence-corrected chi connectivity index (χ3v) is 6.14. The summed E-state index contributed by atoms with van der Waals surface area (Å²) in [5.74, 6) is -0.760. The first-order chi connectivity index (χ1) is 16.9. The van der Waals surface area contributed by atoms with Crippen LogP contribution in [0.4, 0.5) is 18.9 Å². The molecular weight excluding hydrogens is 457 g/mol. The van der Waals surface area contributed by atoms with Crippen molar-refractivity contribution >= 4 is 22.5 Å². The van der Waals surface area contributed by atoms with E-state index in [2.05, 4.69) is 36.4 Å². The topological polar surface area (TPSA) is 86.8 Å². The van der Waals surface area contributed by atoms with Gasteiger partial charge in [-0.25, -0.2) is 0 Å². The Hall–Kier alpha value is -3.79. The summed E-state index contributed by atoms with van der Waals surface area (Å²) >= 11 is 0. The molecule has 0 atom stereocenters. The second-order valence-electron chi connectivity index (χ2n) is 8.62. The Morgan fingerprint density at radius 3 is 2.63 bits per heavy atom. The lowest BCUT2D eigenvalue weighted by Gasteiger charge is -2.26. The summed E-state index contributed by atoms with van der Waals surface area (Å²) in [6, 6.07) is 8.38. The average Bonchev–Trinajstić information content (AvgIpc) is 3.28. The molecular formula is C25H23F3N6O. The minimum Gasteiger partial charge on any atom is -0.319 e. The maximum Gasteiger partial charge on any atom is 0.418 e. The molecule has 5 rings (SSSR count). The van der Waals surface area contributed by atoms with Crippen LogP contribution < -0.4 is 5.32 Å². The summed E-state index contributed by atoms with van der Waals surface area (Å²) in [5, 5.41) is 9.63. The van der Waals surface area contributed by atoms with Gasteiger partial charge in [0.2, 0.25) is 0 Å². The standard InChI is InChI=1S/C25H23F3N6O/c26-25(27,28)20-6-7-29-14-22(20)31-24(35)23-19-11-17(4-5-21(19)32-33-23)18-10-16(12-30-13-18)15-34-8-2-1-3-9-34/h4-7,10-14H,1-3,8-9,15H2,(H,31,35)(H,32,33). The number of hydrogen-bond acceptors (Lipinski definition) is 5. The van der Waals surface area contributed by atoms with Gasteiger partial charge < -0.3 is 5.32 Å². The molecule has 3 aromatic heterocycles. The number of aromatic amines is 1. The number of carbonyl (C=O) groups is 1. The molecule has 1 aromatic carbocycles. The summed E-state index contributed by atoms with van der Waals surface area (Å²) < 4.78 is 39.9. The molecule has 1 amide bonds. The monoisotopic (exact) mass is 480 g/mol. The zero-order valence-electron chi connectivity index (χ0n) is 18.8. The van der Waals surface area contributed by atoms with E-state index in [1.54, 1.807) is 18.3 Å². The highest BCUT2D eigenvalue weighted by Crippen LogP contribution is 2.34. The lowest BCUT2D eigenvalue weighted by Crippen LogP contribution is -2.29. The highest BCUT2D eigenvalue weighted by atomic mass is 19.4. The number of piperidine rings is 1. The van der Waals surface area contributed by atoms with Crippen LogP contribution in [-0.4, -0.2) is 44.1 Å². The van der Waals surface area contributed by atoms with Crippen LogP contribution in [0.1, 0.15) is 40.9 Å². The van der Waals surface area contributed by atoms with E-state index in [1.807, 2.05) is 12.3 Å². The number of nitrogens with zero attached hydrogens (tertiary/aromatic N) is 4. The van der Waals surface area contributed by atoms with E-state index in [9.17, 15) is 18.0 Å². The van der Waals surface area contributed by atoms with E-state index in [4.69, 9.17) is 0 Å². The van der Waals surface area contributed by atoms with Crippen LogP contribution in [0.15, 0.2) is 55.1 Å². The first kappa shape index (κ1) is 23.0. The quantitative estimate of drug-likeness (QED) is 0.406. The third kappa shape index (κ3) is 5.02. The number of rotatable bonds is 5. The molecule has 0 spiro atoms. The molecule has 2 N–H and O–H groups in total. The molecule has 0 aliphatic carbocycles. The molecule has 0 unspecified atom stereocenters. The molecule has 1 aliphatic heterocycles. The number of H-pyrrole nitrogens is 1. The predicted molar refractivity (Wildman–Crippen MR) is 126 cm³/mol. The number of aromatic nitrogens is 4. The van der Waals surface area contributed by atoms with E-state index in [-0.39, 0.29) is 5.69 Å². The summed E-state index contributed by atoms with van der Waals surface area (Å²) in [6.07, 6.45) is 4.68. The van der Waals surface area contributed by atoms with Crippen LogP contribution in [0.25, 0.3) is 22.0 Å². The minimum atomic E-state index is -4.63. The number of alkyl halides is 3. The number of pyridine rings is 2. The fourth-order valence-corrected chi connectivity index (χ4v) is 4.40. The molecule has 4 aromatic rings. The molecule has 35 heavy (non-hydrogen) atoms. The van der Waals surface area contributed by atoms with Gasteiger partial charge in [-0.3, -0.25) is 24.8 Å². The van der Waals surface area contributed by atoms with Crippen molar-refractivity contribution in [2.45, 2.75) is 32.0 Å². The van der Waals surface area contributed by atoms with Gasteiger partial charge in [0.15, 0.2) is 5.69 Å². The Labute approximate surface area is 199 Å². The second kappa shape index (κ2) is 9.46. The molecule has 0 saturated carbocycles. The third-order valence-electron chi connectivity index (χ3n) is 6.14. The lowest BCUT2D eigenvalue weighted by atomic mass is 10.0. The maximum absolute atomic E-state index is 13.3. The van der Waals surface area contributed by atoms with Crippen molar-refractivity contribution in [3.8, 4) is 11.1 Å². The molecule has 1 saturated heterocycles. The van der Waals surface area contributed by atoms with Crippen molar-refractivity contribution < 1.29 is 18.0 Å². The van der Waals surface area contributed by atoms with E-state index in [0.717, 1.165) is 54.8 Å². The summed E-state index contributed by atoms with van der Waals surface area (Å²) in [6.45, 7) is 2.99. The molecule has 0 radical (unpaired) electrons. The molecule has 10 heteroatoms. The first-order valence-corrected chi connectivity index (χ1v) is 11.4. The average molecular weight is 480 g/mol. The van der Waals surface area contributed by atoms with Crippen molar-refractivity contribution in [1.29, 1.82) is 0 Å². The number of carbonyl (C=O) groups excluding carboxylic acids is 1. The van der Waals surface area contributed by atoms with E-state index in [1.165, 1.54) is 19.3 Å². The summed E-state index contributed by atoms with van der Waals surface area (Å²) in [5.41, 5.74) is 2.02. The number of hydrogen-bond donors (Lipinski definition) is 2. The van der Waals surface area contributed by atoms with Crippen molar-refractivity contribution in [2.24, 2.45) is 0 Å². The number of fused-ring (bicyclic) bond motifs is 1. The van der Waals surface area contributed by atoms with Crippen LogP contribution in [0, 0.1) is 0 Å². The van der Waals surface area contributed by atoms with Gasteiger partial charge in [-0.2, -0.15) is 18.3 Å². The van der Waals surface area contributed by atoms with Gasteiger partial charge in [-0.05, 0) is 61.3 Å². The smallest absolute Gasteiger partial charge is 0.319 e. The largest absolute Gasteiger partial charge is 0.418 e. The summed E-state index contributed by atoms with van der Waals surface area (Å²) in [4.78, 5) is 23.4. The molecule has 1 aliphatic rings. The lowest BCUT2D eigenvalue weighted by molar-refractivity contribution is -0.137. The fraction of sp³-hybridized carbons (Fsp3) is 0.280. The minimum absolute atomic E-state index is 0.00346. The van der Waals surface area contributed by atoms with Crippen molar-refractivity contribution in [2.75, 3.05) is 18.4 Å². The van der Waals surface area contributed by atoms with Crippen LogP contribution >= 0.6 is 0 Å². The molecule has 180 valence electrons. The van der Waals surface area contributed by atoms with Gasteiger partial charge in [0.05, 0.1) is 23.0 Å². The number of likely N-dealkylation sites (tertiary alicyclic amines) is 1. The van der Waals surface area contributed by atoms with Gasteiger partial charge >= 0.3 is 6.18 Å². The molecule has 4 heterocycles. The normalized spacial score (nSPS) is 14.8. The highest BCUT2D eigenvalue weighted by molar-refractivity contribution is 6.11. The number of amides is 1. The Morgan fingerprint density at radius 1 is 1.00 bits per heavy atom. The van der Waals surface area contributed by atoms with Crippen molar-refractivity contribution in [1.82, 2.24) is 25.1 Å². The Morgan fingerprint density at radius 2 is 1.83 bits per heavy atom. The second-order valence-corrected chi connectivity index (χ2v) is 8.62. The van der Waals surface area contributed by atoms with Gasteiger partial charge in [-0.1, -0.05) is 12.5 Å². The zero-order valence-corrected chi connectivity index (χ0v) is 18.8. The Balaban J connectivity index is 1.42. The molecule has 7 nitrogen and oxygen atoms in total. The van der Waals surface area contributed by atoms with Crippen LogP contribution in [0.3, 0.4) is 0 Å². The maximum atomic E-state index is 13.3.